The first-order valence-electron chi connectivity index (χ1n) is 9.90. The molecule has 1 saturated carbocycles. The van der Waals surface area contributed by atoms with Gasteiger partial charge >= 0.3 is 0 Å². The van der Waals surface area contributed by atoms with Crippen LogP contribution in [0.15, 0.2) is 30.5 Å². The third-order valence-corrected chi connectivity index (χ3v) is 6.33. The lowest BCUT2D eigenvalue weighted by Gasteiger charge is -2.46. The predicted molar refractivity (Wildman–Crippen MR) is 103 cm³/mol. The van der Waals surface area contributed by atoms with E-state index in [0.717, 1.165) is 31.2 Å². The summed E-state index contributed by atoms with van der Waals surface area (Å²) in [5, 5.41) is 6.29. The third-order valence-electron chi connectivity index (χ3n) is 6.33. The van der Waals surface area contributed by atoms with E-state index in [-0.39, 0.29) is 29.8 Å². The first kappa shape index (κ1) is 17.9. The van der Waals surface area contributed by atoms with E-state index >= 15 is 0 Å². The van der Waals surface area contributed by atoms with Gasteiger partial charge in [0.2, 0.25) is 5.91 Å². The van der Waals surface area contributed by atoms with E-state index in [4.69, 9.17) is 0 Å². The van der Waals surface area contributed by atoms with Crippen LogP contribution in [0, 0.1) is 17.8 Å². The second-order valence-corrected chi connectivity index (χ2v) is 7.88. The fraction of sp³-hybridized carbons (Fsp3) is 0.524. The number of piperidine rings is 1. The Balaban J connectivity index is 1.43. The zero-order valence-electron chi connectivity index (χ0n) is 15.8. The van der Waals surface area contributed by atoms with Gasteiger partial charge in [-0.1, -0.05) is 26.0 Å². The average molecular weight is 366 g/mol. The first-order chi connectivity index (χ1) is 13.1. The molecule has 6 heteroatoms. The standard InChI is InChI=1S/C21H26N4O2/c1-3-14-12(2)15-9-8-13(10-18(15)25-20(14)26)23-21(27)19-11-22-16-6-4-5-7-17(16)24-19/h4-7,11-15,18H,3,8-10H2,1-2H3,(H,23,27)(H,25,26). The Hall–Kier alpha value is -2.50. The van der Waals surface area contributed by atoms with Crippen LogP contribution in [-0.2, 0) is 4.79 Å². The maximum absolute atomic E-state index is 12.6. The summed E-state index contributed by atoms with van der Waals surface area (Å²) in [6.07, 6.45) is 5.15. The molecule has 2 aliphatic rings. The lowest BCUT2D eigenvalue weighted by Crippen LogP contribution is -2.58. The van der Waals surface area contributed by atoms with Crippen molar-refractivity contribution in [2.24, 2.45) is 17.8 Å². The second-order valence-electron chi connectivity index (χ2n) is 7.88. The van der Waals surface area contributed by atoms with E-state index in [1.165, 1.54) is 6.20 Å². The first-order valence-corrected chi connectivity index (χ1v) is 9.90. The van der Waals surface area contributed by atoms with Gasteiger partial charge < -0.3 is 10.6 Å². The summed E-state index contributed by atoms with van der Waals surface area (Å²) < 4.78 is 0. The van der Waals surface area contributed by atoms with Crippen molar-refractivity contribution in [1.82, 2.24) is 20.6 Å². The lowest BCUT2D eigenvalue weighted by atomic mass is 9.67. The molecule has 1 saturated heterocycles. The molecule has 0 spiro atoms. The fourth-order valence-corrected chi connectivity index (χ4v) is 4.83. The molecule has 142 valence electrons. The number of carbonyl (C=O) groups excluding carboxylic acids is 2. The highest BCUT2D eigenvalue weighted by Crippen LogP contribution is 2.38. The van der Waals surface area contributed by atoms with Crippen molar-refractivity contribution in [2.45, 2.75) is 51.6 Å². The Bertz CT molecular complexity index is 868. The number of carbonyl (C=O) groups is 2. The van der Waals surface area contributed by atoms with Crippen molar-refractivity contribution in [3.8, 4) is 0 Å². The van der Waals surface area contributed by atoms with Crippen LogP contribution in [0.4, 0.5) is 0 Å². The molecule has 2 heterocycles. The lowest BCUT2D eigenvalue weighted by molar-refractivity contribution is -0.133. The van der Waals surface area contributed by atoms with Gasteiger partial charge in [-0.15, -0.1) is 0 Å². The molecular weight excluding hydrogens is 340 g/mol. The van der Waals surface area contributed by atoms with Gasteiger partial charge in [0.1, 0.15) is 5.69 Å². The topological polar surface area (TPSA) is 84.0 Å². The Morgan fingerprint density at radius 3 is 2.81 bits per heavy atom. The molecule has 2 fully saturated rings. The summed E-state index contributed by atoms with van der Waals surface area (Å²) in [5.74, 6) is 0.986. The molecule has 5 unspecified atom stereocenters. The van der Waals surface area contributed by atoms with Gasteiger partial charge in [0.25, 0.3) is 5.91 Å². The quantitative estimate of drug-likeness (QED) is 0.875. The summed E-state index contributed by atoms with van der Waals surface area (Å²) in [6.45, 7) is 4.28. The molecule has 1 aliphatic heterocycles. The van der Waals surface area contributed by atoms with Crippen LogP contribution in [0.1, 0.15) is 50.0 Å². The van der Waals surface area contributed by atoms with Crippen LogP contribution >= 0.6 is 0 Å². The Morgan fingerprint density at radius 2 is 2.04 bits per heavy atom. The number of aromatic nitrogens is 2. The normalized spacial score (nSPS) is 30.4. The summed E-state index contributed by atoms with van der Waals surface area (Å²) in [6, 6.07) is 7.72. The molecule has 2 N–H and O–H groups in total. The molecule has 2 aromatic rings. The smallest absolute Gasteiger partial charge is 0.271 e. The maximum atomic E-state index is 12.6. The van der Waals surface area contributed by atoms with Gasteiger partial charge in [-0.2, -0.15) is 0 Å². The predicted octanol–water partition coefficient (Wildman–Crippen LogP) is 2.69. The number of nitrogens with zero attached hydrogens (tertiary/aromatic N) is 2. The number of nitrogens with one attached hydrogen (secondary N) is 2. The largest absolute Gasteiger partial charge is 0.353 e. The van der Waals surface area contributed by atoms with E-state index in [1.54, 1.807) is 0 Å². The Kier molecular flexibility index (Phi) is 4.81. The Morgan fingerprint density at radius 1 is 1.26 bits per heavy atom. The molecule has 2 amide bonds. The molecule has 1 aromatic heterocycles. The second kappa shape index (κ2) is 7.25. The molecular formula is C21H26N4O2. The van der Waals surface area contributed by atoms with Crippen molar-refractivity contribution < 1.29 is 9.59 Å². The molecule has 27 heavy (non-hydrogen) atoms. The fourth-order valence-electron chi connectivity index (χ4n) is 4.83. The number of fused-ring (bicyclic) bond motifs is 2. The minimum atomic E-state index is -0.196. The highest BCUT2D eigenvalue weighted by molar-refractivity contribution is 5.94. The van der Waals surface area contributed by atoms with Gasteiger partial charge in [-0.25, -0.2) is 4.98 Å². The monoisotopic (exact) mass is 366 g/mol. The Labute approximate surface area is 159 Å². The van der Waals surface area contributed by atoms with E-state index < -0.39 is 0 Å². The third kappa shape index (κ3) is 3.40. The van der Waals surface area contributed by atoms with Crippen LogP contribution < -0.4 is 10.6 Å². The molecule has 1 aliphatic carbocycles. The number of benzene rings is 1. The van der Waals surface area contributed by atoms with Gasteiger partial charge in [0, 0.05) is 18.0 Å². The number of rotatable bonds is 3. The summed E-state index contributed by atoms with van der Waals surface area (Å²) >= 11 is 0. The van der Waals surface area contributed by atoms with Gasteiger partial charge in [0.15, 0.2) is 0 Å². The van der Waals surface area contributed by atoms with Crippen LogP contribution in [0.5, 0.6) is 0 Å². The van der Waals surface area contributed by atoms with Crippen molar-refractivity contribution in [3.63, 3.8) is 0 Å². The van der Waals surface area contributed by atoms with E-state index in [9.17, 15) is 9.59 Å². The van der Waals surface area contributed by atoms with Gasteiger partial charge in [-0.05, 0) is 49.7 Å². The van der Waals surface area contributed by atoms with E-state index in [2.05, 4.69) is 34.4 Å². The number of amides is 2. The molecule has 1 aromatic carbocycles. The minimum Gasteiger partial charge on any atom is -0.353 e. The van der Waals surface area contributed by atoms with Crippen LogP contribution in [-0.4, -0.2) is 33.9 Å². The molecule has 5 atom stereocenters. The number of hydrogen-bond donors (Lipinski definition) is 2. The molecule has 6 nitrogen and oxygen atoms in total. The van der Waals surface area contributed by atoms with Crippen LogP contribution in [0.2, 0.25) is 0 Å². The zero-order chi connectivity index (χ0) is 19.0. The molecule has 4 rings (SSSR count). The summed E-state index contributed by atoms with van der Waals surface area (Å²) in [4.78, 5) is 33.7. The highest BCUT2D eigenvalue weighted by Gasteiger charge is 2.43. The number of hydrogen-bond acceptors (Lipinski definition) is 4. The van der Waals surface area contributed by atoms with Crippen molar-refractivity contribution in [3.05, 3.63) is 36.2 Å². The molecule has 0 radical (unpaired) electrons. The van der Waals surface area contributed by atoms with Crippen molar-refractivity contribution in [1.29, 1.82) is 0 Å². The average Bonchev–Trinajstić information content (AvgIpc) is 2.67. The van der Waals surface area contributed by atoms with Crippen molar-refractivity contribution >= 4 is 22.8 Å². The highest BCUT2D eigenvalue weighted by atomic mass is 16.2. The van der Waals surface area contributed by atoms with E-state index in [0.29, 0.717) is 23.0 Å². The zero-order valence-corrected chi connectivity index (χ0v) is 15.8. The maximum Gasteiger partial charge on any atom is 0.271 e. The summed E-state index contributed by atoms with van der Waals surface area (Å²) in [5.41, 5.74) is 1.83. The van der Waals surface area contributed by atoms with Crippen molar-refractivity contribution in [2.75, 3.05) is 0 Å². The molecule has 0 bridgehead atoms. The summed E-state index contributed by atoms with van der Waals surface area (Å²) in [7, 11) is 0. The van der Waals surface area contributed by atoms with Crippen LogP contribution in [0.3, 0.4) is 0 Å². The SMILES string of the molecule is CCC1C(=O)NC2CC(NC(=O)c3cnc4ccccc4n3)CCC2C1C. The van der Waals surface area contributed by atoms with E-state index in [1.807, 2.05) is 24.3 Å². The number of para-hydroxylation sites is 2. The van der Waals surface area contributed by atoms with Gasteiger partial charge in [0.05, 0.1) is 17.2 Å². The minimum absolute atomic E-state index is 0.0534. The van der Waals surface area contributed by atoms with Gasteiger partial charge in [-0.3, -0.25) is 14.6 Å². The van der Waals surface area contributed by atoms with Crippen LogP contribution in [0.25, 0.3) is 11.0 Å².